The Morgan fingerprint density at radius 2 is 1.72 bits per heavy atom. The highest BCUT2D eigenvalue weighted by atomic mass is 16.2. The van der Waals surface area contributed by atoms with Crippen LogP contribution in [0.1, 0.15) is 17.5 Å². The van der Waals surface area contributed by atoms with Gasteiger partial charge in [-0.05, 0) is 29.7 Å². The van der Waals surface area contributed by atoms with Crippen molar-refractivity contribution in [2.24, 2.45) is 5.73 Å². The van der Waals surface area contributed by atoms with E-state index in [1.54, 1.807) is 6.20 Å². The number of amides is 2. The lowest BCUT2D eigenvalue weighted by atomic mass is 9.93. The maximum atomic E-state index is 12.8. The highest BCUT2D eigenvalue weighted by molar-refractivity contribution is 5.81. The Hall–Kier alpha value is -2.93. The van der Waals surface area contributed by atoms with E-state index in [9.17, 15) is 9.59 Å². The van der Waals surface area contributed by atoms with E-state index in [1.807, 2.05) is 40.1 Å². The van der Waals surface area contributed by atoms with Crippen molar-refractivity contribution in [2.75, 3.05) is 37.6 Å². The summed E-state index contributed by atoms with van der Waals surface area (Å²) in [5.41, 5.74) is 8.03. The van der Waals surface area contributed by atoms with Crippen LogP contribution in [0.2, 0.25) is 0 Å². The van der Waals surface area contributed by atoms with Crippen LogP contribution in [-0.4, -0.2) is 65.4 Å². The fraction of sp³-hybridized carbons (Fsp3) is 0.409. The molecule has 29 heavy (non-hydrogen) atoms. The van der Waals surface area contributed by atoms with Crippen LogP contribution in [0, 0.1) is 0 Å². The van der Waals surface area contributed by atoms with Crippen LogP contribution in [0.5, 0.6) is 0 Å². The molecule has 2 aliphatic rings. The number of fused-ring (bicyclic) bond motifs is 1. The van der Waals surface area contributed by atoms with Gasteiger partial charge in [-0.15, -0.1) is 0 Å². The van der Waals surface area contributed by atoms with E-state index in [1.165, 1.54) is 11.1 Å². The number of piperazine rings is 1. The van der Waals surface area contributed by atoms with Gasteiger partial charge in [-0.3, -0.25) is 14.5 Å². The van der Waals surface area contributed by atoms with Crippen molar-refractivity contribution in [3.05, 3.63) is 59.8 Å². The predicted octanol–water partition coefficient (Wildman–Crippen LogP) is 1.03. The maximum Gasteiger partial charge on any atom is 0.235 e. The highest BCUT2D eigenvalue weighted by Gasteiger charge is 2.30. The first-order valence-electron chi connectivity index (χ1n) is 10.2. The summed E-state index contributed by atoms with van der Waals surface area (Å²) >= 11 is 0. The Kier molecular flexibility index (Phi) is 5.76. The fourth-order valence-corrected chi connectivity index (χ4v) is 4.22. The molecular formula is C22H27N5O2. The number of carbonyl (C=O) groups is 2. The number of hydrogen-bond acceptors (Lipinski definition) is 5. The van der Waals surface area contributed by atoms with Gasteiger partial charge in [-0.25, -0.2) is 4.98 Å². The smallest absolute Gasteiger partial charge is 0.235 e. The summed E-state index contributed by atoms with van der Waals surface area (Å²) in [7, 11) is 0. The Bertz CT molecular complexity index is 865. The minimum atomic E-state index is -0.348. The van der Waals surface area contributed by atoms with Crippen LogP contribution in [0.3, 0.4) is 0 Å². The maximum absolute atomic E-state index is 12.8. The summed E-state index contributed by atoms with van der Waals surface area (Å²) in [5.74, 6) is 0.763. The van der Waals surface area contributed by atoms with Crippen molar-refractivity contribution in [2.45, 2.75) is 25.4 Å². The number of anilines is 1. The first-order valence-corrected chi connectivity index (χ1v) is 10.2. The molecular weight excluding hydrogens is 366 g/mol. The molecule has 7 heteroatoms. The molecule has 1 aromatic carbocycles. The number of carbonyl (C=O) groups excluding carboxylic acids is 2. The Morgan fingerprint density at radius 1 is 1.00 bits per heavy atom. The minimum absolute atomic E-state index is 0.132. The molecule has 0 saturated carbocycles. The van der Waals surface area contributed by atoms with Gasteiger partial charge >= 0.3 is 0 Å². The number of rotatable bonds is 5. The molecule has 0 bridgehead atoms. The van der Waals surface area contributed by atoms with Crippen molar-refractivity contribution >= 4 is 17.6 Å². The second-order valence-corrected chi connectivity index (χ2v) is 7.67. The summed E-state index contributed by atoms with van der Waals surface area (Å²) in [5, 5.41) is 0. The number of nitrogens with zero attached hydrogens (tertiary/aromatic N) is 4. The van der Waals surface area contributed by atoms with Gasteiger partial charge < -0.3 is 15.5 Å². The van der Waals surface area contributed by atoms with Crippen LogP contribution in [0.15, 0.2) is 48.7 Å². The van der Waals surface area contributed by atoms with Crippen molar-refractivity contribution in [3.63, 3.8) is 0 Å². The largest absolute Gasteiger partial charge is 0.368 e. The van der Waals surface area contributed by atoms with Gasteiger partial charge in [-0.2, -0.15) is 0 Å². The van der Waals surface area contributed by atoms with Gasteiger partial charge in [0.25, 0.3) is 0 Å². The number of benzene rings is 1. The molecule has 4 rings (SSSR count). The normalized spacial score (nSPS) is 19.7. The molecule has 2 amide bonds. The van der Waals surface area contributed by atoms with Crippen LogP contribution in [-0.2, 0) is 22.6 Å². The third kappa shape index (κ3) is 4.40. The minimum Gasteiger partial charge on any atom is -0.368 e. The molecule has 7 nitrogen and oxygen atoms in total. The molecule has 1 fully saturated rings. The van der Waals surface area contributed by atoms with E-state index in [0.29, 0.717) is 39.0 Å². The molecule has 1 aromatic heterocycles. The average molecular weight is 393 g/mol. The summed E-state index contributed by atoms with van der Waals surface area (Å²) < 4.78 is 0. The van der Waals surface area contributed by atoms with E-state index >= 15 is 0 Å². The lowest BCUT2D eigenvalue weighted by molar-refractivity contribution is -0.133. The van der Waals surface area contributed by atoms with Crippen molar-refractivity contribution in [1.82, 2.24) is 14.8 Å². The van der Waals surface area contributed by atoms with Gasteiger partial charge in [0.1, 0.15) is 5.82 Å². The van der Waals surface area contributed by atoms with E-state index in [-0.39, 0.29) is 17.9 Å². The molecule has 1 atom stereocenters. The molecule has 2 aromatic rings. The number of hydrogen-bond donors (Lipinski definition) is 1. The predicted molar refractivity (Wildman–Crippen MR) is 111 cm³/mol. The zero-order valence-electron chi connectivity index (χ0n) is 16.5. The fourth-order valence-electron chi connectivity index (χ4n) is 4.22. The lowest BCUT2D eigenvalue weighted by Gasteiger charge is -2.37. The summed E-state index contributed by atoms with van der Waals surface area (Å²) in [4.78, 5) is 35.3. The number of aromatic nitrogens is 1. The van der Waals surface area contributed by atoms with Gasteiger partial charge in [0.15, 0.2) is 0 Å². The standard InChI is InChI=1S/C22H27N5O2/c23-22(29)19-15-17-5-1-2-6-18(17)16-27(19)10-8-21(28)26-13-11-25(12-14-26)20-7-3-4-9-24-20/h1-7,9,19H,8,10-16H2,(H2,23,29)/t19-/m1/s1. The van der Waals surface area contributed by atoms with Gasteiger partial charge in [0.2, 0.25) is 11.8 Å². The molecule has 0 aliphatic carbocycles. The van der Waals surface area contributed by atoms with Crippen LogP contribution in [0.4, 0.5) is 5.82 Å². The van der Waals surface area contributed by atoms with E-state index in [4.69, 9.17) is 5.73 Å². The van der Waals surface area contributed by atoms with Gasteiger partial charge in [0, 0.05) is 51.9 Å². The Balaban J connectivity index is 1.32. The molecule has 152 valence electrons. The van der Waals surface area contributed by atoms with Gasteiger partial charge in [0.05, 0.1) is 6.04 Å². The molecule has 0 spiro atoms. The van der Waals surface area contributed by atoms with Gasteiger partial charge in [-0.1, -0.05) is 30.3 Å². The first kappa shape index (κ1) is 19.4. The highest BCUT2D eigenvalue weighted by Crippen LogP contribution is 2.23. The summed E-state index contributed by atoms with van der Waals surface area (Å²) in [6.45, 7) is 4.15. The summed E-state index contributed by atoms with van der Waals surface area (Å²) in [6.07, 6.45) is 2.80. The zero-order chi connectivity index (χ0) is 20.2. The zero-order valence-corrected chi connectivity index (χ0v) is 16.5. The molecule has 2 N–H and O–H groups in total. The second kappa shape index (κ2) is 8.61. The number of nitrogens with two attached hydrogens (primary N) is 1. The Morgan fingerprint density at radius 3 is 2.41 bits per heavy atom. The van der Waals surface area contributed by atoms with Crippen LogP contribution >= 0.6 is 0 Å². The van der Waals surface area contributed by atoms with Crippen molar-refractivity contribution in [1.29, 1.82) is 0 Å². The molecule has 1 saturated heterocycles. The molecule has 0 radical (unpaired) electrons. The van der Waals surface area contributed by atoms with Crippen LogP contribution < -0.4 is 10.6 Å². The van der Waals surface area contributed by atoms with Crippen molar-refractivity contribution in [3.8, 4) is 0 Å². The number of primary amides is 1. The van der Waals surface area contributed by atoms with E-state index in [0.717, 1.165) is 18.9 Å². The average Bonchev–Trinajstić information content (AvgIpc) is 2.77. The molecule has 3 heterocycles. The topological polar surface area (TPSA) is 82.8 Å². The lowest BCUT2D eigenvalue weighted by Crippen LogP contribution is -2.51. The first-order chi connectivity index (χ1) is 14.1. The quantitative estimate of drug-likeness (QED) is 0.821. The second-order valence-electron chi connectivity index (χ2n) is 7.67. The Labute approximate surface area is 171 Å². The van der Waals surface area contributed by atoms with Crippen molar-refractivity contribution < 1.29 is 9.59 Å². The third-order valence-electron chi connectivity index (χ3n) is 5.89. The van der Waals surface area contributed by atoms with Crippen LogP contribution in [0.25, 0.3) is 0 Å². The third-order valence-corrected chi connectivity index (χ3v) is 5.89. The summed E-state index contributed by atoms with van der Waals surface area (Å²) in [6, 6.07) is 13.7. The molecule has 2 aliphatic heterocycles. The van der Waals surface area contributed by atoms with E-state index in [2.05, 4.69) is 22.0 Å². The number of pyridine rings is 1. The molecule has 0 unspecified atom stereocenters. The monoisotopic (exact) mass is 393 g/mol. The van der Waals surface area contributed by atoms with E-state index < -0.39 is 0 Å². The SMILES string of the molecule is NC(=O)[C@H]1Cc2ccccc2CN1CCC(=O)N1CCN(c2ccccn2)CC1.